The highest BCUT2D eigenvalue weighted by molar-refractivity contribution is 5.77. The summed E-state index contributed by atoms with van der Waals surface area (Å²) in [5.41, 5.74) is 1.17. The summed E-state index contributed by atoms with van der Waals surface area (Å²) in [5, 5.41) is 10.4. The van der Waals surface area contributed by atoms with Crippen LogP contribution in [-0.4, -0.2) is 28.8 Å². The molecule has 0 aliphatic heterocycles. The van der Waals surface area contributed by atoms with Crippen LogP contribution in [0.4, 0.5) is 0 Å². The Hall–Kier alpha value is -1.36. The summed E-state index contributed by atoms with van der Waals surface area (Å²) in [7, 11) is 0. The molecule has 0 saturated carbocycles. The highest BCUT2D eigenvalue weighted by Gasteiger charge is 2.05. The van der Waals surface area contributed by atoms with Crippen molar-refractivity contribution in [3.8, 4) is 0 Å². The zero-order valence-corrected chi connectivity index (χ0v) is 11.7. The molecule has 0 radical (unpaired) electrons. The average molecular weight is 252 g/mol. The van der Waals surface area contributed by atoms with E-state index < -0.39 is 0 Å². The van der Waals surface area contributed by atoms with Crippen molar-refractivity contribution in [3.05, 3.63) is 18.0 Å². The lowest BCUT2D eigenvalue weighted by molar-refractivity contribution is -0.123. The van der Waals surface area contributed by atoms with Gasteiger partial charge in [-0.15, -0.1) is 0 Å². The quantitative estimate of drug-likeness (QED) is 0.720. The molecule has 0 aliphatic rings. The lowest BCUT2D eigenvalue weighted by Crippen LogP contribution is -2.34. The van der Waals surface area contributed by atoms with Crippen molar-refractivity contribution in [1.82, 2.24) is 20.4 Å². The summed E-state index contributed by atoms with van der Waals surface area (Å²) >= 11 is 0. The number of amides is 1. The van der Waals surface area contributed by atoms with Crippen LogP contribution in [0.15, 0.2) is 12.4 Å². The third-order valence-corrected chi connectivity index (χ3v) is 2.64. The van der Waals surface area contributed by atoms with Crippen molar-refractivity contribution >= 4 is 5.91 Å². The SMILES string of the molecule is CC(C)C(=O)NCCNCc1cnn(C(C)C)c1. The summed E-state index contributed by atoms with van der Waals surface area (Å²) in [5.74, 6) is 0.152. The Morgan fingerprint density at radius 1 is 1.33 bits per heavy atom. The summed E-state index contributed by atoms with van der Waals surface area (Å²) in [6.45, 7) is 10.2. The first-order valence-corrected chi connectivity index (χ1v) is 6.52. The van der Waals surface area contributed by atoms with Crippen molar-refractivity contribution in [2.24, 2.45) is 5.92 Å². The molecule has 1 aromatic rings. The molecule has 5 nitrogen and oxygen atoms in total. The predicted octanol–water partition coefficient (Wildman–Crippen LogP) is 1.33. The molecule has 1 heterocycles. The average Bonchev–Trinajstić information content (AvgIpc) is 2.77. The first kappa shape index (κ1) is 14.7. The van der Waals surface area contributed by atoms with Crippen LogP contribution >= 0.6 is 0 Å². The maximum Gasteiger partial charge on any atom is 0.222 e. The Labute approximate surface area is 109 Å². The van der Waals surface area contributed by atoms with Gasteiger partial charge >= 0.3 is 0 Å². The minimum Gasteiger partial charge on any atom is -0.355 e. The zero-order chi connectivity index (χ0) is 13.5. The van der Waals surface area contributed by atoms with Gasteiger partial charge in [0.2, 0.25) is 5.91 Å². The van der Waals surface area contributed by atoms with Crippen molar-refractivity contribution in [2.75, 3.05) is 13.1 Å². The highest BCUT2D eigenvalue weighted by Crippen LogP contribution is 2.04. The molecular weight excluding hydrogens is 228 g/mol. The number of aromatic nitrogens is 2. The maximum absolute atomic E-state index is 11.3. The van der Waals surface area contributed by atoms with Crippen LogP contribution in [0, 0.1) is 5.92 Å². The number of nitrogens with one attached hydrogen (secondary N) is 2. The fourth-order valence-electron chi connectivity index (χ4n) is 1.46. The lowest BCUT2D eigenvalue weighted by atomic mass is 10.2. The van der Waals surface area contributed by atoms with Gasteiger partial charge in [-0.1, -0.05) is 13.8 Å². The van der Waals surface area contributed by atoms with Crippen LogP contribution in [0.3, 0.4) is 0 Å². The molecule has 18 heavy (non-hydrogen) atoms. The van der Waals surface area contributed by atoms with Crippen LogP contribution in [0.2, 0.25) is 0 Å². The summed E-state index contributed by atoms with van der Waals surface area (Å²) in [6.07, 6.45) is 3.92. The summed E-state index contributed by atoms with van der Waals surface area (Å²) in [4.78, 5) is 11.3. The first-order valence-electron chi connectivity index (χ1n) is 6.52. The standard InChI is InChI=1S/C13H24N4O/c1-10(2)13(18)15-6-5-14-7-12-8-16-17(9-12)11(3)4/h8-11,14H,5-7H2,1-4H3,(H,15,18). The van der Waals surface area contributed by atoms with Gasteiger partial charge in [-0.05, 0) is 13.8 Å². The zero-order valence-electron chi connectivity index (χ0n) is 11.7. The lowest BCUT2D eigenvalue weighted by Gasteiger charge is -2.08. The van der Waals surface area contributed by atoms with E-state index in [2.05, 4.69) is 29.6 Å². The number of hydrogen-bond donors (Lipinski definition) is 2. The molecule has 102 valence electrons. The van der Waals surface area contributed by atoms with Crippen molar-refractivity contribution in [3.63, 3.8) is 0 Å². The van der Waals surface area contributed by atoms with E-state index in [0.717, 1.165) is 13.1 Å². The molecule has 1 aromatic heterocycles. The molecule has 0 aromatic carbocycles. The second-order valence-electron chi connectivity index (χ2n) is 5.04. The molecule has 2 N–H and O–H groups in total. The number of rotatable bonds is 7. The third-order valence-electron chi connectivity index (χ3n) is 2.64. The van der Waals surface area contributed by atoms with E-state index in [1.807, 2.05) is 30.9 Å². The molecule has 0 spiro atoms. The molecule has 0 bridgehead atoms. The largest absolute Gasteiger partial charge is 0.355 e. The van der Waals surface area contributed by atoms with Gasteiger partial charge < -0.3 is 10.6 Å². The van der Waals surface area contributed by atoms with Gasteiger partial charge in [0, 0.05) is 43.4 Å². The van der Waals surface area contributed by atoms with Crippen LogP contribution in [-0.2, 0) is 11.3 Å². The van der Waals surface area contributed by atoms with E-state index in [-0.39, 0.29) is 11.8 Å². The Kier molecular flexibility index (Phi) is 5.85. The van der Waals surface area contributed by atoms with Crippen LogP contribution < -0.4 is 10.6 Å². The van der Waals surface area contributed by atoms with Crippen molar-refractivity contribution in [1.29, 1.82) is 0 Å². The summed E-state index contributed by atoms with van der Waals surface area (Å²) in [6, 6.07) is 0.393. The molecule has 1 amide bonds. The predicted molar refractivity (Wildman–Crippen MR) is 72.2 cm³/mol. The van der Waals surface area contributed by atoms with Gasteiger partial charge in [0.05, 0.1) is 6.20 Å². The molecule has 0 fully saturated rings. The fourth-order valence-corrected chi connectivity index (χ4v) is 1.46. The van der Waals surface area contributed by atoms with Crippen molar-refractivity contribution < 1.29 is 4.79 Å². The Bertz CT molecular complexity index is 371. The Balaban J connectivity index is 2.16. The number of hydrogen-bond acceptors (Lipinski definition) is 3. The van der Waals surface area contributed by atoms with Gasteiger partial charge in [0.15, 0.2) is 0 Å². The molecule has 1 rings (SSSR count). The number of carbonyl (C=O) groups excluding carboxylic acids is 1. The van der Waals surface area contributed by atoms with Crippen LogP contribution in [0.1, 0.15) is 39.3 Å². The van der Waals surface area contributed by atoms with E-state index in [0.29, 0.717) is 12.6 Å². The van der Waals surface area contributed by atoms with E-state index in [4.69, 9.17) is 0 Å². The molecule has 0 unspecified atom stereocenters. The van der Waals surface area contributed by atoms with Gasteiger partial charge in [-0.3, -0.25) is 9.48 Å². The summed E-state index contributed by atoms with van der Waals surface area (Å²) < 4.78 is 1.94. The van der Waals surface area contributed by atoms with E-state index in [1.165, 1.54) is 5.56 Å². The van der Waals surface area contributed by atoms with Gasteiger partial charge in [0.1, 0.15) is 0 Å². The van der Waals surface area contributed by atoms with E-state index in [1.54, 1.807) is 0 Å². The molecule has 0 aliphatic carbocycles. The van der Waals surface area contributed by atoms with Gasteiger partial charge in [0.25, 0.3) is 0 Å². The third kappa shape index (κ3) is 4.87. The normalized spacial score (nSPS) is 11.2. The van der Waals surface area contributed by atoms with Gasteiger partial charge in [-0.25, -0.2) is 0 Å². The Morgan fingerprint density at radius 3 is 2.61 bits per heavy atom. The van der Waals surface area contributed by atoms with Crippen LogP contribution in [0.25, 0.3) is 0 Å². The maximum atomic E-state index is 11.3. The Morgan fingerprint density at radius 2 is 2.06 bits per heavy atom. The van der Waals surface area contributed by atoms with Crippen molar-refractivity contribution in [2.45, 2.75) is 40.3 Å². The topological polar surface area (TPSA) is 59.0 Å². The molecule has 0 saturated heterocycles. The van der Waals surface area contributed by atoms with Gasteiger partial charge in [-0.2, -0.15) is 5.10 Å². The second-order valence-corrected chi connectivity index (χ2v) is 5.04. The van der Waals surface area contributed by atoms with E-state index in [9.17, 15) is 4.79 Å². The van der Waals surface area contributed by atoms with E-state index >= 15 is 0 Å². The number of carbonyl (C=O) groups is 1. The smallest absolute Gasteiger partial charge is 0.222 e. The minimum atomic E-state index is 0.0503. The molecular formula is C13H24N4O. The highest BCUT2D eigenvalue weighted by atomic mass is 16.1. The molecule has 5 heteroatoms. The fraction of sp³-hybridized carbons (Fsp3) is 0.692. The first-order chi connectivity index (χ1) is 8.50. The van der Waals surface area contributed by atoms with Crippen LogP contribution in [0.5, 0.6) is 0 Å². The second kappa shape index (κ2) is 7.16. The number of nitrogens with zero attached hydrogens (tertiary/aromatic N) is 2. The minimum absolute atomic E-state index is 0.0503. The monoisotopic (exact) mass is 252 g/mol. The molecule has 0 atom stereocenters.